The fraction of sp³-hybridized carbons (Fsp3) is 0.429. The highest BCUT2D eigenvalue weighted by atomic mass is 127. The van der Waals surface area contributed by atoms with Crippen molar-refractivity contribution in [2.75, 3.05) is 5.32 Å². The Labute approximate surface area is 79.8 Å². The largest absolute Gasteiger partial charge is 0.352 e. The number of halogens is 1. The number of nitrogens with zero attached hydrogens (tertiary/aromatic N) is 2. The third-order valence-electron chi connectivity index (χ3n) is 1.04. The van der Waals surface area contributed by atoms with Gasteiger partial charge in [0, 0.05) is 12.2 Å². The molecule has 0 spiro atoms. The molecular formula is C7H10IN3. The monoisotopic (exact) mass is 263 g/mol. The highest BCUT2D eigenvalue weighted by Gasteiger charge is 1.97. The van der Waals surface area contributed by atoms with E-state index in [9.17, 15) is 0 Å². The number of nitrogens with one attached hydrogen (secondary N) is 1. The summed E-state index contributed by atoms with van der Waals surface area (Å²) in [5.74, 6) is 0.701. The first-order valence-corrected chi connectivity index (χ1v) is 4.51. The fourth-order valence-electron chi connectivity index (χ4n) is 0.664. The predicted molar refractivity (Wildman–Crippen MR) is 53.5 cm³/mol. The van der Waals surface area contributed by atoms with Crippen molar-refractivity contribution in [3.8, 4) is 0 Å². The summed E-state index contributed by atoms with van der Waals surface area (Å²) in [7, 11) is 0. The summed E-state index contributed by atoms with van der Waals surface area (Å²) in [5, 5.41) is 3.12. The molecule has 4 heteroatoms. The zero-order valence-corrected chi connectivity index (χ0v) is 8.66. The van der Waals surface area contributed by atoms with Gasteiger partial charge in [-0.25, -0.2) is 9.97 Å². The summed E-state index contributed by atoms with van der Waals surface area (Å²) in [5.41, 5.74) is 0. The maximum Gasteiger partial charge on any atom is 0.223 e. The van der Waals surface area contributed by atoms with Crippen LogP contribution in [0.25, 0.3) is 0 Å². The van der Waals surface area contributed by atoms with Crippen LogP contribution in [0.15, 0.2) is 12.3 Å². The third-order valence-corrected chi connectivity index (χ3v) is 1.64. The average Bonchev–Trinajstić information content (AvgIpc) is 1.85. The number of rotatable bonds is 2. The molecule has 0 aliphatic rings. The van der Waals surface area contributed by atoms with Crippen LogP contribution >= 0.6 is 22.6 Å². The Kier molecular flexibility index (Phi) is 3.04. The molecule has 0 saturated heterocycles. The minimum absolute atomic E-state index is 0.383. The molecule has 0 saturated carbocycles. The second-order valence-corrected chi connectivity index (χ2v) is 3.61. The van der Waals surface area contributed by atoms with Crippen molar-refractivity contribution in [3.05, 3.63) is 16.0 Å². The maximum atomic E-state index is 4.18. The van der Waals surface area contributed by atoms with E-state index < -0.39 is 0 Å². The second-order valence-electron chi connectivity index (χ2n) is 2.50. The molecular weight excluding hydrogens is 253 g/mol. The molecule has 0 bridgehead atoms. The van der Waals surface area contributed by atoms with Crippen molar-refractivity contribution in [2.45, 2.75) is 19.9 Å². The van der Waals surface area contributed by atoms with Crippen LogP contribution in [0.2, 0.25) is 0 Å². The quantitative estimate of drug-likeness (QED) is 0.654. The Morgan fingerprint density at radius 3 is 2.82 bits per heavy atom. The van der Waals surface area contributed by atoms with Crippen LogP contribution < -0.4 is 5.32 Å². The van der Waals surface area contributed by atoms with Gasteiger partial charge in [0.25, 0.3) is 0 Å². The van der Waals surface area contributed by atoms with Crippen LogP contribution in [-0.2, 0) is 0 Å². The van der Waals surface area contributed by atoms with Gasteiger partial charge in [-0.2, -0.15) is 0 Å². The van der Waals surface area contributed by atoms with E-state index in [1.54, 1.807) is 6.20 Å². The number of hydrogen-bond acceptors (Lipinski definition) is 3. The molecule has 0 unspecified atom stereocenters. The SMILES string of the molecule is CC(C)Nc1nccc(I)n1. The minimum Gasteiger partial charge on any atom is -0.352 e. The lowest BCUT2D eigenvalue weighted by atomic mass is 10.4. The smallest absolute Gasteiger partial charge is 0.223 e. The summed E-state index contributed by atoms with van der Waals surface area (Å²) >= 11 is 2.16. The first-order chi connectivity index (χ1) is 5.18. The van der Waals surface area contributed by atoms with E-state index in [4.69, 9.17) is 0 Å². The van der Waals surface area contributed by atoms with Crippen molar-refractivity contribution in [1.29, 1.82) is 0 Å². The van der Waals surface area contributed by atoms with Crippen molar-refractivity contribution < 1.29 is 0 Å². The lowest BCUT2D eigenvalue weighted by molar-refractivity contribution is 0.872. The van der Waals surface area contributed by atoms with Gasteiger partial charge >= 0.3 is 0 Å². The van der Waals surface area contributed by atoms with Gasteiger partial charge in [0.2, 0.25) is 5.95 Å². The number of anilines is 1. The molecule has 0 aliphatic carbocycles. The standard InChI is InChI=1S/C7H10IN3/c1-5(2)10-7-9-4-3-6(8)11-7/h3-5H,1-2H3,(H,9,10,11). The maximum absolute atomic E-state index is 4.18. The summed E-state index contributed by atoms with van der Waals surface area (Å²) in [6.45, 7) is 4.12. The van der Waals surface area contributed by atoms with Crippen LogP contribution in [0, 0.1) is 3.70 Å². The molecule has 0 atom stereocenters. The normalized spacial score (nSPS) is 10.2. The zero-order chi connectivity index (χ0) is 8.27. The molecule has 1 aromatic heterocycles. The van der Waals surface area contributed by atoms with Gasteiger partial charge in [-0.1, -0.05) is 0 Å². The van der Waals surface area contributed by atoms with Crippen LogP contribution in [-0.4, -0.2) is 16.0 Å². The molecule has 1 heterocycles. The first-order valence-electron chi connectivity index (χ1n) is 3.43. The lowest BCUT2D eigenvalue weighted by Gasteiger charge is -2.06. The molecule has 0 amide bonds. The summed E-state index contributed by atoms with van der Waals surface area (Å²) in [4.78, 5) is 8.23. The van der Waals surface area contributed by atoms with E-state index >= 15 is 0 Å². The molecule has 0 aromatic carbocycles. The van der Waals surface area contributed by atoms with Crippen molar-refractivity contribution in [2.24, 2.45) is 0 Å². The van der Waals surface area contributed by atoms with Crippen molar-refractivity contribution in [3.63, 3.8) is 0 Å². The average molecular weight is 263 g/mol. The fourth-order valence-corrected chi connectivity index (χ4v) is 1.05. The molecule has 11 heavy (non-hydrogen) atoms. The second kappa shape index (κ2) is 3.85. The molecule has 1 rings (SSSR count). The molecule has 60 valence electrons. The van der Waals surface area contributed by atoms with E-state index in [-0.39, 0.29) is 0 Å². The Morgan fingerprint density at radius 1 is 1.55 bits per heavy atom. The van der Waals surface area contributed by atoms with Gasteiger partial charge in [0.05, 0.1) is 0 Å². The van der Waals surface area contributed by atoms with Crippen molar-refractivity contribution >= 4 is 28.5 Å². The van der Waals surface area contributed by atoms with Crippen molar-refractivity contribution in [1.82, 2.24) is 9.97 Å². The topological polar surface area (TPSA) is 37.8 Å². The third kappa shape index (κ3) is 3.00. The van der Waals surface area contributed by atoms with Gasteiger partial charge in [-0.3, -0.25) is 0 Å². The summed E-state index contributed by atoms with van der Waals surface area (Å²) in [6.07, 6.45) is 1.75. The van der Waals surface area contributed by atoms with E-state index in [1.807, 2.05) is 6.07 Å². The first kappa shape index (κ1) is 8.70. The van der Waals surface area contributed by atoms with Gasteiger partial charge < -0.3 is 5.32 Å². The zero-order valence-electron chi connectivity index (χ0n) is 6.50. The van der Waals surface area contributed by atoms with Crippen LogP contribution in [0.1, 0.15) is 13.8 Å². The summed E-state index contributed by atoms with van der Waals surface area (Å²) < 4.78 is 0.959. The number of aromatic nitrogens is 2. The molecule has 0 fully saturated rings. The molecule has 1 N–H and O–H groups in total. The Balaban J connectivity index is 2.71. The van der Waals surface area contributed by atoms with Gasteiger partial charge in [0.15, 0.2) is 0 Å². The highest BCUT2D eigenvalue weighted by molar-refractivity contribution is 14.1. The predicted octanol–water partition coefficient (Wildman–Crippen LogP) is 1.90. The summed E-state index contributed by atoms with van der Waals surface area (Å²) in [6, 6.07) is 2.25. The molecule has 0 aliphatic heterocycles. The van der Waals surface area contributed by atoms with Crippen LogP contribution in [0.3, 0.4) is 0 Å². The van der Waals surface area contributed by atoms with E-state index in [2.05, 4.69) is 51.7 Å². The Hall–Kier alpha value is -0.390. The van der Waals surface area contributed by atoms with E-state index in [0.717, 1.165) is 3.70 Å². The lowest BCUT2D eigenvalue weighted by Crippen LogP contribution is -2.12. The highest BCUT2D eigenvalue weighted by Crippen LogP contribution is 2.03. The van der Waals surface area contributed by atoms with Gasteiger partial charge in [-0.05, 0) is 42.5 Å². The van der Waals surface area contributed by atoms with Crippen LogP contribution in [0.5, 0.6) is 0 Å². The molecule has 1 aromatic rings. The molecule has 0 radical (unpaired) electrons. The van der Waals surface area contributed by atoms with Crippen LogP contribution in [0.4, 0.5) is 5.95 Å². The number of hydrogen-bond donors (Lipinski definition) is 1. The van der Waals surface area contributed by atoms with Gasteiger partial charge in [-0.15, -0.1) is 0 Å². The Bertz CT molecular complexity index is 237. The minimum atomic E-state index is 0.383. The molecule has 3 nitrogen and oxygen atoms in total. The van der Waals surface area contributed by atoms with E-state index in [0.29, 0.717) is 12.0 Å². The Morgan fingerprint density at radius 2 is 2.27 bits per heavy atom. The van der Waals surface area contributed by atoms with Gasteiger partial charge in [0.1, 0.15) is 3.70 Å². The van der Waals surface area contributed by atoms with E-state index in [1.165, 1.54) is 0 Å².